The van der Waals surface area contributed by atoms with Crippen LogP contribution in [0.1, 0.15) is 48.0 Å². The Kier molecular flexibility index (Phi) is 3.92. The van der Waals surface area contributed by atoms with Crippen molar-refractivity contribution in [3.05, 3.63) is 46.8 Å². The molecule has 0 aliphatic carbocycles. The maximum Gasteiger partial charge on any atom is 0.129 e. The third-order valence-electron chi connectivity index (χ3n) is 3.11. The van der Waals surface area contributed by atoms with Crippen LogP contribution in [0.15, 0.2) is 27.0 Å². The van der Waals surface area contributed by atoms with E-state index in [4.69, 9.17) is 8.83 Å². The van der Waals surface area contributed by atoms with Crippen LogP contribution in [0.25, 0.3) is 0 Å². The highest BCUT2D eigenvalue weighted by molar-refractivity contribution is 5.26. The highest BCUT2D eigenvalue weighted by atomic mass is 16.4. The minimum atomic E-state index is 0.00560. The van der Waals surface area contributed by atoms with E-state index in [0.29, 0.717) is 0 Å². The minimum absolute atomic E-state index is 0.00560. The van der Waals surface area contributed by atoms with Gasteiger partial charge >= 0.3 is 0 Å². The smallest absolute Gasteiger partial charge is 0.129 e. The van der Waals surface area contributed by atoms with Crippen LogP contribution in [-0.2, 0) is 0 Å². The lowest BCUT2D eigenvalue weighted by atomic mass is 10.1. The van der Waals surface area contributed by atoms with Crippen molar-refractivity contribution < 1.29 is 8.83 Å². The second-order valence-corrected chi connectivity index (χ2v) is 4.72. The van der Waals surface area contributed by atoms with Crippen LogP contribution < -0.4 is 5.32 Å². The number of hydrogen-bond acceptors (Lipinski definition) is 3. The van der Waals surface area contributed by atoms with Crippen molar-refractivity contribution in [3.63, 3.8) is 0 Å². The highest BCUT2D eigenvalue weighted by Gasteiger charge is 2.21. The van der Waals surface area contributed by atoms with E-state index in [0.717, 1.165) is 36.0 Å². The van der Waals surface area contributed by atoms with Crippen molar-refractivity contribution in [1.29, 1.82) is 0 Å². The predicted molar refractivity (Wildman–Crippen MR) is 71.8 cm³/mol. The van der Waals surface area contributed by atoms with Crippen LogP contribution >= 0.6 is 0 Å². The van der Waals surface area contributed by atoms with Crippen LogP contribution in [0.4, 0.5) is 0 Å². The molecule has 2 aromatic heterocycles. The summed E-state index contributed by atoms with van der Waals surface area (Å²) >= 11 is 0. The average Bonchev–Trinajstić information content (AvgIpc) is 2.88. The molecule has 0 spiro atoms. The van der Waals surface area contributed by atoms with Gasteiger partial charge in [-0.05, 0) is 57.5 Å². The molecule has 2 heterocycles. The summed E-state index contributed by atoms with van der Waals surface area (Å²) in [6, 6.07) is 6.08. The van der Waals surface area contributed by atoms with Crippen molar-refractivity contribution in [3.8, 4) is 0 Å². The van der Waals surface area contributed by atoms with Crippen molar-refractivity contribution in [2.45, 2.75) is 40.2 Å². The lowest BCUT2D eigenvalue weighted by Crippen LogP contribution is -2.22. The molecule has 0 saturated carbocycles. The molecule has 3 heteroatoms. The quantitative estimate of drug-likeness (QED) is 0.871. The topological polar surface area (TPSA) is 38.3 Å². The van der Waals surface area contributed by atoms with Gasteiger partial charge in [-0.3, -0.25) is 0 Å². The summed E-state index contributed by atoms with van der Waals surface area (Å²) in [6.45, 7) is 9.09. The molecule has 1 unspecified atom stereocenters. The van der Waals surface area contributed by atoms with Gasteiger partial charge in [0.25, 0.3) is 0 Å². The Bertz CT molecular complexity index is 491. The van der Waals surface area contributed by atoms with E-state index >= 15 is 0 Å². The van der Waals surface area contributed by atoms with E-state index in [1.54, 1.807) is 0 Å². The monoisotopic (exact) mass is 247 g/mol. The fraction of sp³-hybridized carbons (Fsp3) is 0.467. The number of rotatable bonds is 5. The summed E-state index contributed by atoms with van der Waals surface area (Å²) in [5.41, 5.74) is 1.18. The van der Waals surface area contributed by atoms with Gasteiger partial charge < -0.3 is 14.2 Å². The minimum Gasteiger partial charge on any atom is -0.464 e. The first kappa shape index (κ1) is 13.0. The van der Waals surface area contributed by atoms with Crippen molar-refractivity contribution in [1.82, 2.24) is 5.32 Å². The van der Waals surface area contributed by atoms with Gasteiger partial charge in [0, 0.05) is 0 Å². The van der Waals surface area contributed by atoms with Gasteiger partial charge in [0.15, 0.2) is 0 Å². The molecular formula is C15H21NO2. The molecule has 0 bridgehead atoms. The molecule has 0 aromatic carbocycles. The lowest BCUT2D eigenvalue weighted by molar-refractivity contribution is 0.374. The molecule has 0 aliphatic heterocycles. The molecule has 3 nitrogen and oxygen atoms in total. The van der Waals surface area contributed by atoms with E-state index in [9.17, 15) is 0 Å². The Morgan fingerprint density at radius 3 is 2.39 bits per heavy atom. The highest BCUT2D eigenvalue weighted by Crippen LogP contribution is 2.27. The van der Waals surface area contributed by atoms with Crippen molar-refractivity contribution in [2.24, 2.45) is 0 Å². The normalized spacial score (nSPS) is 12.9. The van der Waals surface area contributed by atoms with E-state index in [1.165, 1.54) is 5.56 Å². The second kappa shape index (κ2) is 5.44. The van der Waals surface area contributed by atoms with Crippen LogP contribution in [0.5, 0.6) is 0 Å². The standard InChI is InChI=1S/C15H21NO2/c1-5-8-16-15(13-7-6-11(3)17-13)14-9-10(2)12(4)18-14/h6-7,9,15-16H,5,8H2,1-4H3. The first-order valence-electron chi connectivity index (χ1n) is 6.48. The third kappa shape index (κ3) is 2.67. The van der Waals surface area contributed by atoms with Gasteiger partial charge in [-0.2, -0.15) is 0 Å². The zero-order chi connectivity index (χ0) is 13.1. The molecule has 0 fully saturated rings. The Labute approximate surface area is 108 Å². The van der Waals surface area contributed by atoms with Gasteiger partial charge in [-0.15, -0.1) is 0 Å². The SMILES string of the molecule is CCCNC(c1ccc(C)o1)c1cc(C)c(C)o1. The van der Waals surface area contributed by atoms with Gasteiger partial charge in [-0.25, -0.2) is 0 Å². The summed E-state index contributed by atoms with van der Waals surface area (Å²) < 4.78 is 11.5. The first-order chi connectivity index (χ1) is 8.61. The summed E-state index contributed by atoms with van der Waals surface area (Å²) in [4.78, 5) is 0. The Morgan fingerprint density at radius 1 is 1.11 bits per heavy atom. The number of hydrogen-bond donors (Lipinski definition) is 1. The predicted octanol–water partition coefficient (Wildman–Crippen LogP) is 3.89. The third-order valence-corrected chi connectivity index (χ3v) is 3.11. The van der Waals surface area contributed by atoms with Gasteiger partial charge in [0.1, 0.15) is 29.1 Å². The summed E-state index contributed by atoms with van der Waals surface area (Å²) in [6.07, 6.45) is 1.08. The zero-order valence-corrected chi connectivity index (χ0v) is 11.5. The van der Waals surface area contributed by atoms with Gasteiger partial charge in [0.05, 0.1) is 0 Å². The maximum atomic E-state index is 5.81. The van der Waals surface area contributed by atoms with E-state index in [2.05, 4.69) is 25.2 Å². The Balaban J connectivity index is 2.30. The molecule has 2 aromatic rings. The number of nitrogens with one attached hydrogen (secondary N) is 1. The first-order valence-corrected chi connectivity index (χ1v) is 6.48. The van der Waals surface area contributed by atoms with Crippen LogP contribution in [-0.4, -0.2) is 6.54 Å². The summed E-state index contributed by atoms with van der Waals surface area (Å²) in [5.74, 6) is 3.73. The number of furan rings is 2. The lowest BCUT2D eigenvalue weighted by Gasteiger charge is -2.13. The van der Waals surface area contributed by atoms with Crippen LogP contribution in [0, 0.1) is 20.8 Å². The van der Waals surface area contributed by atoms with Crippen LogP contribution in [0.3, 0.4) is 0 Å². The molecule has 1 N–H and O–H groups in total. The van der Waals surface area contributed by atoms with Crippen molar-refractivity contribution >= 4 is 0 Å². The molecule has 1 atom stereocenters. The largest absolute Gasteiger partial charge is 0.464 e. The molecule has 0 amide bonds. The molecule has 0 radical (unpaired) electrons. The Hall–Kier alpha value is -1.48. The molecule has 2 rings (SSSR count). The Morgan fingerprint density at radius 2 is 1.89 bits per heavy atom. The molecule has 0 aliphatic rings. The summed E-state index contributed by atoms with van der Waals surface area (Å²) in [5, 5.41) is 3.47. The number of aryl methyl sites for hydroxylation is 3. The van der Waals surface area contributed by atoms with Crippen LogP contribution in [0.2, 0.25) is 0 Å². The summed E-state index contributed by atoms with van der Waals surface area (Å²) in [7, 11) is 0. The van der Waals surface area contributed by atoms with E-state index in [1.807, 2.05) is 26.0 Å². The zero-order valence-electron chi connectivity index (χ0n) is 11.5. The van der Waals surface area contributed by atoms with Gasteiger partial charge in [0.2, 0.25) is 0 Å². The average molecular weight is 247 g/mol. The molecule has 0 saturated heterocycles. The fourth-order valence-electron chi connectivity index (χ4n) is 1.98. The molecule has 18 heavy (non-hydrogen) atoms. The van der Waals surface area contributed by atoms with Crippen molar-refractivity contribution in [2.75, 3.05) is 6.54 Å². The molecular weight excluding hydrogens is 226 g/mol. The van der Waals surface area contributed by atoms with E-state index < -0.39 is 0 Å². The fourth-order valence-corrected chi connectivity index (χ4v) is 1.98. The van der Waals surface area contributed by atoms with Gasteiger partial charge in [-0.1, -0.05) is 6.92 Å². The maximum absolute atomic E-state index is 5.81. The second-order valence-electron chi connectivity index (χ2n) is 4.72. The molecule has 98 valence electrons. The van der Waals surface area contributed by atoms with E-state index in [-0.39, 0.29) is 6.04 Å².